The molecule has 0 unspecified atom stereocenters. The van der Waals surface area contributed by atoms with Gasteiger partial charge in [0.05, 0.1) is 11.5 Å². The number of fused-ring (bicyclic) bond motifs is 1. The molecule has 0 atom stereocenters. The van der Waals surface area contributed by atoms with Crippen LogP contribution in [0, 0.1) is 0 Å². The lowest BCUT2D eigenvalue weighted by Crippen LogP contribution is -2.16. The van der Waals surface area contributed by atoms with E-state index in [2.05, 4.69) is 9.72 Å². The van der Waals surface area contributed by atoms with Crippen LogP contribution < -0.4 is 4.74 Å². The highest BCUT2D eigenvalue weighted by atomic mass is 32.1. The van der Waals surface area contributed by atoms with Gasteiger partial charge in [0.1, 0.15) is 11.5 Å². The zero-order valence-corrected chi connectivity index (χ0v) is 15.7. The number of benzene rings is 1. The summed E-state index contributed by atoms with van der Waals surface area (Å²) >= 11 is 1.32. The molecule has 0 amide bonds. The first-order valence-corrected chi connectivity index (χ1v) is 9.63. The van der Waals surface area contributed by atoms with Crippen molar-refractivity contribution in [1.82, 2.24) is 4.98 Å². The molecule has 28 heavy (non-hydrogen) atoms. The van der Waals surface area contributed by atoms with Crippen molar-refractivity contribution in [1.29, 1.82) is 0 Å². The number of oxazole rings is 1. The molecule has 1 fully saturated rings. The zero-order chi connectivity index (χ0) is 19.9. The Morgan fingerprint density at radius 2 is 2.11 bits per heavy atom. The summed E-state index contributed by atoms with van der Waals surface area (Å²) in [6, 6.07) is 5.79. The van der Waals surface area contributed by atoms with Gasteiger partial charge in [0.15, 0.2) is 5.69 Å². The number of esters is 1. The van der Waals surface area contributed by atoms with E-state index in [1.54, 1.807) is 19.1 Å². The van der Waals surface area contributed by atoms with Gasteiger partial charge < -0.3 is 13.9 Å². The molecule has 0 aliphatic heterocycles. The van der Waals surface area contributed by atoms with Gasteiger partial charge in [-0.15, -0.1) is 24.5 Å². The molecule has 0 bridgehead atoms. The summed E-state index contributed by atoms with van der Waals surface area (Å²) in [6.45, 7) is 1.95. The van der Waals surface area contributed by atoms with Crippen molar-refractivity contribution in [3.8, 4) is 16.5 Å². The highest BCUT2D eigenvalue weighted by Gasteiger charge is 2.33. The third-order valence-corrected chi connectivity index (χ3v) is 5.63. The molecule has 9 heteroatoms. The minimum absolute atomic E-state index is 0.141. The second kappa shape index (κ2) is 7.12. The van der Waals surface area contributed by atoms with Gasteiger partial charge in [-0.3, -0.25) is 0 Å². The smallest absolute Gasteiger partial charge is 0.461 e. The van der Waals surface area contributed by atoms with Crippen molar-refractivity contribution in [3.63, 3.8) is 0 Å². The van der Waals surface area contributed by atoms with E-state index < -0.39 is 12.3 Å². The molecular weight excluding hydrogens is 395 g/mol. The van der Waals surface area contributed by atoms with E-state index in [1.165, 1.54) is 23.5 Å². The van der Waals surface area contributed by atoms with E-state index in [4.69, 9.17) is 9.15 Å². The molecule has 4 rings (SSSR count). The second-order valence-electron chi connectivity index (χ2n) is 6.44. The monoisotopic (exact) mass is 411 g/mol. The Bertz CT molecular complexity index is 1020. The maximum atomic E-state index is 12.4. The first-order chi connectivity index (χ1) is 13.3. The Hall–Kier alpha value is -2.55. The predicted molar refractivity (Wildman–Crippen MR) is 96.6 cm³/mol. The average molecular weight is 411 g/mol. The van der Waals surface area contributed by atoms with E-state index >= 15 is 0 Å². The maximum Gasteiger partial charge on any atom is 0.573 e. The molecule has 1 aromatic carbocycles. The lowest BCUT2D eigenvalue weighted by Gasteiger charge is -2.23. The Morgan fingerprint density at radius 3 is 2.75 bits per heavy atom. The molecule has 2 aromatic heterocycles. The number of rotatable bonds is 5. The molecule has 0 saturated heterocycles. The summed E-state index contributed by atoms with van der Waals surface area (Å²) < 4.78 is 53.0. The van der Waals surface area contributed by atoms with Crippen LogP contribution in [-0.2, 0) is 4.74 Å². The summed E-state index contributed by atoms with van der Waals surface area (Å²) in [6.07, 6.45) is -1.84. The third-order valence-electron chi connectivity index (χ3n) is 4.53. The molecule has 0 N–H and O–H groups in total. The maximum absolute atomic E-state index is 12.4. The fourth-order valence-corrected chi connectivity index (χ4v) is 4.02. The van der Waals surface area contributed by atoms with Crippen LogP contribution in [0.3, 0.4) is 0 Å². The lowest BCUT2D eigenvalue weighted by atomic mass is 9.83. The number of halogens is 3. The van der Waals surface area contributed by atoms with Crippen LogP contribution in [0.5, 0.6) is 5.75 Å². The van der Waals surface area contributed by atoms with E-state index in [-0.39, 0.29) is 29.9 Å². The molecule has 1 saturated carbocycles. The predicted octanol–water partition coefficient (Wildman–Crippen LogP) is 5.90. The van der Waals surface area contributed by atoms with Crippen molar-refractivity contribution in [2.24, 2.45) is 0 Å². The van der Waals surface area contributed by atoms with E-state index in [9.17, 15) is 18.0 Å². The van der Waals surface area contributed by atoms with Gasteiger partial charge in [0.2, 0.25) is 5.89 Å². The van der Waals surface area contributed by atoms with Gasteiger partial charge in [0, 0.05) is 10.6 Å². The SMILES string of the molecule is CCOC(=O)c1nc(-c2cc3cc(OC(F)(F)F)ccc3s2)oc1C1CCC1. The fourth-order valence-electron chi connectivity index (χ4n) is 3.05. The standard InChI is InChI=1S/C19H16F3NO4S/c1-2-25-18(24)15-16(10-4-3-5-10)26-17(23-15)14-9-11-8-12(27-19(20,21)22)6-7-13(11)28-14/h6-10H,2-5H2,1H3. The molecule has 1 aliphatic rings. The molecule has 3 aromatic rings. The highest BCUT2D eigenvalue weighted by Crippen LogP contribution is 2.42. The van der Waals surface area contributed by atoms with E-state index in [0.717, 1.165) is 24.0 Å². The highest BCUT2D eigenvalue weighted by molar-refractivity contribution is 7.22. The van der Waals surface area contributed by atoms with Crippen LogP contribution in [0.2, 0.25) is 0 Å². The number of carbonyl (C=O) groups is 1. The van der Waals surface area contributed by atoms with E-state index in [0.29, 0.717) is 16.0 Å². The largest absolute Gasteiger partial charge is 0.573 e. The summed E-state index contributed by atoms with van der Waals surface area (Å²) in [7, 11) is 0. The quantitative estimate of drug-likeness (QED) is 0.489. The van der Waals surface area contributed by atoms with Crippen LogP contribution in [0.1, 0.15) is 48.4 Å². The van der Waals surface area contributed by atoms with Gasteiger partial charge in [-0.2, -0.15) is 0 Å². The normalized spacial score (nSPS) is 14.9. The number of thiophene rings is 1. The lowest BCUT2D eigenvalue weighted by molar-refractivity contribution is -0.274. The summed E-state index contributed by atoms with van der Waals surface area (Å²) in [4.78, 5) is 17.2. The third kappa shape index (κ3) is 3.71. The van der Waals surface area contributed by atoms with Crippen LogP contribution in [0.4, 0.5) is 13.2 Å². The average Bonchev–Trinajstić information content (AvgIpc) is 3.15. The molecule has 0 radical (unpaired) electrons. The van der Waals surface area contributed by atoms with Crippen molar-refractivity contribution in [2.75, 3.05) is 6.61 Å². The van der Waals surface area contributed by atoms with Gasteiger partial charge in [-0.05, 0) is 49.4 Å². The van der Waals surface area contributed by atoms with Gasteiger partial charge in [-0.1, -0.05) is 6.42 Å². The Morgan fingerprint density at radius 1 is 1.32 bits per heavy atom. The van der Waals surface area contributed by atoms with Crippen molar-refractivity contribution in [3.05, 3.63) is 35.7 Å². The number of ether oxygens (including phenoxy) is 2. The summed E-state index contributed by atoms with van der Waals surface area (Å²) in [5.74, 6) is 0.116. The number of hydrogen-bond acceptors (Lipinski definition) is 6. The van der Waals surface area contributed by atoms with Crippen LogP contribution in [0.15, 0.2) is 28.7 Å². The first-order valence-electron chi connectivity index (χ1n) is 8.81. The van der Waals surface area contributed by atoms with Gasteiger partial charge >= 0.3 is 12.3 Å². The van der Waals surface area contributed by atoms with Gasteiger partial charge in [-0.25, -0.2) is 9.78 Å². The Labute approximate surface area is 162 Å². The second-order valence-corrected chi connectivity index (χ2v) is 7.52. The number of aromatic nitrogens is 1. The molecular formula is C19H16F3NO4S. The van der Waals surface area contributed by atoms with Crippen LogP contribution in [-0.4, -0.2) is 23.9 Å². The summed E-state index contributed by atoms with van der Waals surface area (Å²) in [5, 5.41) is 0.572. The summed E-state index contributed by atoms with van der Waals surface area (Å²) in [5.41, 5.74) is 0.181. The Kier molecular flexibility index (Phi) is 4.78. The minimum atomic E-state index is -4.75. The minimum Gasteiger partial charge on any atom is -0.461 e. The number of hydrogen-bond donors (Lipinski definition) is 0. The van der Waals surface area contributed by atoms with Crippen molar-refractivity contribution < 1.29 is 31.9 Å². The number of carbonyl (C=O) groups excluding carboxylic acids is 1. The fraction of sp³-hybridized carbons (Fsp3) is 0.368. The molecule has 5 nitrogen and oxygen atoms in total. The number of alkyl halides is 3. The zero-order valence-electron chi connectivity index (χ0n) is 14.8. The topological polar surface area (TPSA) is 61.6 Å². The Balaban J connectivity index is 1.70. The van der Waals surface area contributed by atoms with Crippen LogP contribution in [0.25, 0.3) is 20.9 Å². The first kappa shape index (κ1) is 18.8. The van der Waals surface area contributed by atoms with Crippen molar-refractivity contribution >= 4 is 27.4 Å². The van der Waals surface area contributed by atoms with E-state index in [1.807, 2.05) is 0 Å². The van der Waals surface area contributed by atoms with Crippen LogP contribution >= 0.6 is 11.3 Å². The molecule has 2 heterocycles. The number of nitrogens with zero attached hydrogens (tertiary/aromatic N) is 1. The van der Waals surface area contributed by atoms with Gasteiger partial charge in [0.25, 0.3) is 0 Å². The molecule has 148 valence electrons. The molecule has 0 spiro atoms. The molecule has 1 aliphatic carbocycles. The van der Waals surface area contributed by atoms with Crippen molar-refractivity contribution in [2.45, 2.75) is 38.5 Å².